The SMILES string of the molecule is CN(C)Cc1cc(-c2cnc3[nH]cc(C(=O)NCC4CCC(=O)N4C)c3c2)ccc1C1CCOCC1. The number of likely N-dealkylation sites (tertiary alicyclic amines) is 1. The molecule has 0 radical (unpaired) electrons. The Bertz CT molecular complexity index is 1260. The number of H-pyrrole nitrogens is 1. The van der Waals surface area contributed by atoms with Gasteiger partial charge in [-0.3, -0.25) is 9.59 Å². The van der Waals surface area contributed by atoms with E-state index in [4.69, 9.17) is 4.74 Å². The topological polar surface area (TPSA) is 90.6 Å². The number of rotatable bonds is 7. The summed E-state index contributed by atoms with van der Waals surface area (Å²) in [4.78, 5) is 36.5. The Labute approximate surface area is 212 Å². The van der Waals surface area contributed by atoms with E-state index in [-0.39, 0.29) is 17.9 Å². The Morgan fingerprint density at radius 3 is 2.72 bits per heavy atom. The van der Waals surface area contributed by atoms with Gasteiger partial charge in [0.05, 0.1) is 5.56 Å². The first kappa shape index (κ1) is 24.5. The number of carbonyl (C=O) groups is 2. The molecule has 190 valence electrons. The molecule has 2 aliphatic rings. The summed E-state index contributed by atoms with van der Waals surface area (Å²) in [6.45, 7) is 2.95. The minimum Gasteiger partial charge on any atom is -0.381 e. The van der Waals surface area contributed by atoms with Gasteiger partial charge in [0, 0.05) is 69.2 Å². The zero-order chi connectivity index (χ0) is 25.2. The van der Waals surface area contributed by atoms with Gasteiger partial charge in [-0.2, -0.15) is 0 Å². The maximum atomic E-state index is 13.0. The molecule has 3 aromatic rings. The van der Waals surface area contributed by atoms with Crippen molar-refractivity contribution < 1.29 is 14.3 Å². The third-order valence-corrected chi connectivity index (χ3v) is 7.53. The third-order valence-electron chi connectivity index (χ3n) is 7.53. The number of nitrogens with zero attached hydrogens (tertiary/aromatic N) is 3. The number of pyridine rings is 1. The van der Waals surface area contributed by atoms with Gasteiger partial charge in [-0.05, 0) is 68.1 Å². The highest BCUT2D eigenvalue weighted by atomic mass is 16.5. The van der Waals surface area contributed by atoms with Gasteiger partial charge >= 0.3 is 0 Å². The van der Waals surface area contributed by atoms with Crippen molar-refractivity contribution in [2.45, 2.75) is 44.2 Å². The Balaban J connectivity index is 1.40. The Morgan fingerprint density at radius 1 is 1.19 bits per heavy atom. The summed E-state index contributed by atoms with van der Waals surface area (Å²) < 4.78 is 5.58. The van der Waals surface area contributed by atoms with Crippen LogP contribution in [0, 0.1) is 0 Å². The van der Waals surface area contributed by atoms with Crippen LogP contribution in [0.25, 0.3) is 22.2 Å². The molecule has 2 N–H and O–H groups in total. The van der Waals surface area contributed by atoms with Crippen molar-refractivity contribution in [1.29, 1.82) is 0 Å². The average Bonchev–Trinajstić information content (AvgIpc) is 3.45. The lowest BCUT2D eigenvalue weighted by Gasteiger charge is -2.26. The lowest BCUT2D eigenvalue weighted by molar-refractivity contribution is -0.127. The van der Waals surface area contributed by atoms with Crippen LogP contribution in [-0.2, 0) is 16.1 Å². The van der Waals surface area contributed by atoms with E-state index in [0.29, 0.717) is 30.1 Å². The van der Waals surface area contributed by atoms with E-state index in [1.165, 1.54) is 11.1 Å². The molecule has 1 aromatic carbocycles. The van der Waals surface area contributed by atoms with Gasteiger partial charge in [0.1, 0.15) is 5.65 Å². The maximum Gasteiger partial charge on any atom is 0.253 e. The van der Waals surface area contributed by atoms with Crippen LogP contribution in [-0.4, -0.2) is 78.5 Å². The fraction of sp³-hybridized carbons (Fsp3) is 0.464. The number of aromatic amines is 1. The van der Waals surface area contributed by atoms with Crippen molar-refractivity contribution in [2.24, 2.45) is 0 Å². The van der Waals surface area contributed by atoms with Gasteiger partial charge < -0.3 is 24.8 Å². The molecule has 0 aliphatic carbocycles. The summed E-state index contributed by atoms with van der Waals surface area (Å²) in [7, 11) is 5.99. The fourth-order valence-corrected chi connectivity index (χ4v) is 5.43. The first-order valence-corrected chi connectivity index (χ1v) is 12.8. The minimum atomic E-state index is -0.156. The summed E-state index contributed by atoms with van der Waals surface area (Å²) in [5.74, 6) is 0.500. The first-order valence-electron chi connectivity index (χ1n) is 12.8. The molecule has 8 heteroatoms. The smallest absolute Gasteiger partial charge is 0.253 e. The normalized spacial score (nSPS) is 18.9. The molecular weight excluding hydrogens is 454 g/mol. The summed E-state index contributed by atoms with van der Waals surface area (Å²) in [5, 5.41) is 3.80. The molecule has 8 nitrogen and oxygen atoms in total. The van der Waals surface area contributed by atoms with E-state index in [9.17, 15) is 9.59 Å². The molecule has 0 saturated carbocycles. The second-order valence-corrected chi connectivity index (χ2v) is 10.3. The Kier molecular flexibility index (Phi) is 7.07. The van der Waals surface area contributed by atoms with Crippen LogP contribution in [0.4, 0.5) is 0 Å². The highest BCUT2D eigenvalue weighted by Crippen LogP contribution is 2.33. The van der Waals surface area contributed by atoms with Crippen LogP contribution >= 0.6 is 0 Å². The molecule has 2 saturated heterocycles. The predicted octanol–water partition coefficient (Wildman–Crippen LogP) is 3.54. The first-order chi connectivity index (χ1) is 17.4. The minimum absolute atomic E-state index is 0.0460. The lowest BCUT2D eigenvalue weighted by Crippen LogP contribution is -2.39. The van der Waals surface area contributed by atoms with Crippen LogP contribution < -0.4 is 5.32 Å². The number of nitrogens with one attached hydrogen (secondary N) is 2. The fourth-order valence-electron chi connectivity index (χ4n) is 5.43. The summed E-state index contributed by atoms with van der Waals surface area (Å²) in [6.07, 6.45) is 7.00. The predicted molar refractivity (Wildman–Crippen MR) is 140 cm³/mol. The lowest BCUT2D eigenvalue weighted by atomic mass is 9.86. The molecule has 0 spiro atoms. The number of amides is 2. The molecule has 2 aromatic heterocycles. The van der Waals surface area contributed by atoms with Crippen LogP contribution in [0.2, 0.25) is 0 Å². The molecule has 4 heterocycles. The molecule has 2 amide bonds. The van der Waals surface area contributed by atoms with Gasteiger partial charge in [-0.25, -0.2) is 4.98 Å². The van der Waals surface area contributed by atoms with Gasteiger partial charge in [0.2, 0.25) is 5.91 Å². The van der Waals surface area contributed by atoms with Gasteiger partial charge in [-0.1, -0.05) is 12.1 Å². The van der Waals surface area contributed by atoms with Crippen LogP contribution in [0.5, 0.6) is 0 Å². The summed E-state index contributed by atoms with van der Waals surface area (Å²) >= 11 is 0. The van der Waals surface area contributed by atoms with Crippen molar-refractivity contribution in [3.63, 3.8) is 0 Å². The monoisotopic (exact) mass is 489 g/mol. The number of ether oxygens (including phenoxy) is 1. The van der Waals surface area contributed by atoms with E-state index < -0.39 is 0 Å². The standard InChI is InChI=1S/C28H35N5O3/c1-32(2)17-21-12-19(4-6-23(21)18-8-10-36-11-9-18)20-13-24-25(16-30-27(24)29-14-20)28(35)31-15-22-5-7-26(34)33(22)3/h4,6,12-14,16,18,22H,5,7-11,15,17H2,1-3H3,(H,29,30)(H,31,35). The number of fused-ring (bicyclic) bond motifs is 1. The molecular formula is C28H35N5O3. The van der Waals surface area contributed by atoms with Crippen molar-refractivity contribution >= 4 is 22.8 Å². The number of hydrogen-bond donors (Lipinski definition) is 2. The van der Waals surface area contributed by atoms with Crippen molar-refractivity contribution in [1.82, 2.24) is 25.1 Å². The van der Waals surface area contributed by atoms with E-state index >= 15 is 0 Å². The van der Waals surface area contributed by atoms with Crippen LogP contribution in [0.15, 0.2) is 36.7 Å². The zero-order valence-corrected chi connectivity index (χ0v) is 21.3. The largest absolute Gasteiger partial charge is 0.381 e. The van der Waals surface area contributed by atoms with Gasteiger partial charge in [0.15, 0.2) is 0 Å². The van der Waals surface area contributed by atoms with E-state index in [2.05, 4.69) is 52.5 Å². The van der Waals surface area contributed by atoms with Crippen molar-refractivity contribution in [3.8, 4) is 11.1 Å². The summed E-state index contributed by atoms with van der Waals surface area (Å²) in [6, 6.07) is 8.80. The number of carbonyl (C=O) groups excluding carboxylic acids is 2. The van der Waals surface area contributed by atoms with Gasteiger partial charge in [-0.15, -0.1) is 0 Å². The van der Waals surface area contributed by atoms with E-state index in [1.54, 1.807) is 18.1 Å². The quantitative estimate of drug-likeness (QED) is 0.530. The Morgan fingerprint density at radius 2 is 2.00 bits per heavy atom. The third kappa shape index (κ3) is 5.01. The molecule has 2 aliphatic heterocycles. The Hall–Kier alpha value is -3.23. The summed E-state index contributed by atoms with van der Waals surface area (Å²) in [5.41, 5.74) is 6.06. The molecule has 1 unspecified atom stereocenters. The van der Waals surface area contributed by atoms with Crippen LogP contribution in [0.3, 0.4) is 0 Å². The average molecular weight is 490 g/mol. The molecule has 5 rings (SSSR count). The zero-order valence-electron chi connectivity index (χ0n) is 21.3. The molecule has 2 fully saturated rings. The molecule has 1 atom stereocenters. The number of benzene rings is 1. The highest BCUT2D eigenvalue weighted by Gasteiger charge is 2.28. The van der Waals surface area contributed by atoms with Crippen molar-refractivity contribution in [3.05, 3.63) is 53.3 Å². The second-order valence-electron chi connectivity index (χ2n) is 10.3. The van der Waals surface area contributed by atoms with E-state index in [1.807, 2.05) is 12.3 Å². The number of hydrogen-bond acceptors (Lipinski definition) is 5. The maximum absolute atomic E-state index is 13.0. The van der Waals surface area contributed by atoms with Crippen LogP contribution in [0.1, 0.15) is 53.1 Å². The number of likely N-dealkylation sites (N-methyl/N-ethyl adjacent to an activating group) is 1. The second kappa shape index (κ2) is 10.4. The highest BCUT2D eigenvalue weighted by molar-refractivity contribution is 6.06. The molecule has 36 heavy (non-hydrogen) atoms. The van der Waals surface area contributed by atoms with Crippen molar-refractivity contribution in [2.75, 3.05) is 40.9 Å². The number of aromatic nitrogens is 2. The van der Waals surface area contributed by atoms with Gasteiger partial charge in [0.25, 0.3) is 5.91 Å². The van der Waals surface area contributed by atoms with E-state index in [0.717, 1.165) is 55.5 Å². The molecule has 0 bridgehead atoms.